The van der Waals surface area contributed by atoms with Crippen LogP contribution in [0.1, 0.15) is 41.5 Å². The molecule has 0 saturated heterocycles. The van der Waals surface area contributed by atoms with E-state index < -0.39 is 17.5 Å². The molecule has 0 spiro atoms. The zero-order chi connectivity index (χ0) is 14.1. The Morgan fingerprint density at radius 3 is 2.28 bits per heavy atom. The van der Waals surface area contributed by atoms with Gasteiger partial charge in [-0.1, -0.05) is 11.5 Å². The minimum atomic E-state index is -1.21. The van der Waals surface area contributed by atoms with Gasteiger partial charge in [-0.3, -0.25) is 0 Å². The number of hydrogen-bond acceptors (Lipinski definition) is 3. The van der Waals surface area contributed by atoms with E-state index in [1.807, 2.05) is 22.6 Å². The van der Waals surface area contributed by atoms with Crippen molar-refractivity contribution in [1.82, 2.24) is 0 Å². The summed E-state index contributed by atoms with van der Waals surface area (Å²) >= 11 is 1.93. The summed E-state index contributed by atoms with van der Waals surface area (Å²) in [5.74, 6) is -1.88. The molecule has 6 heteroatoms. The standard InChI is InChI=1S/C12H12BIO4/c1-12(2,3)18-11(17)7-5-9(14)8(13)4-6(7)10(15)16/h4-5H,1-3H3,(H,15,16). The van der Waals surface area contributed by atoms with Gasteiger partial charge in [-0.25, -0.2) is 9.59 Å². The lowest BCUT2D eigenvalue weighted by atomic mass is 9.92. The molecule has 1 aromatic carbocycles. The molecule has 0 heterocycles. The summed E-state index contributed by atoms with van der Waals surface area (Å²) in [6.07, 6.45) is 0. The number of halogens is 1. The van der Waals surface area contributed by atoms with E-state index in [-0.39, 0.29) is 11.1 Å². The fourth-order valence-corrected chi connectivity index (χ4v) is 1.74. The minimum Gasteiger partial charge on any atom is -0.478 e. The van der Waals surface area contributed by atoms with Crippen LogP contribution in [-0.2, 0) is 4.74 Å². The molecule has 4 nitrogen and oxygen atoms in total. The SMILES string of the molecule is [B]c1cc(C(=O)O)c(C(=O)OC(C)(C)C)cc1I. The van der Waals surface area contributed by atoms with Crippen molar-refractivity contribution in [3.8, 4) is 0 Å². The van der Waals surface area contributed by atoms with Crippen LogP contribution in [0.25, 0.3) is 0 Å². The van der Waals surface area contributed by atoms with Crippen LogP contribution in [0.2, 0.25) is 0 Å². The van der Waals surface area contributed by atoms with Gasteiger partial charge in [0, 0.05) is 3.57 Å². The number of rotatable bonds is 2. The molecule has 0 amide bonds. The zero-order valence-corrected chi connectivity index (χ0v) is 12.4. The molecule has 0 unspecified atom stereocenters. The van der Waals surface area contributed by atoms with Gasteiger partial charge in [-0.15, -0.1) is 0 Å². The Labute approximate surface area is 120 Å². The number of esters is 1. The molecule has 0 bridgehead atoms. The lowest BCUT2D eigenvalue weighted by Gasteiger charge is -2.20. The number of carboxylic acid groups (broad SMARTS) is 1. The Bertz CT molecular complexity index is 506. The quantitative estimate of drug-likeness (QED) is 0.497. The van der Waals surface area contributed by atoms with Crippen molar-refractivity contribution in [2.45, 2.75) is 26.4 Å². The number of benzene rings is 1. The average molecular weight is 358 g/mol. The highest BCUT2D eigenvalue weighted by atomic mass is 127. The lowest BCUT2D eigenvalue weighted by Crippen LogP contribution is -2.26. The summed E-state index contributed by atoms with van der Waals surface area (Å²) in [6, 6.07) is 2.69. The van der Waals surface area contributed by atoms with Crippen molar-refractivity contribution in [3.05, 3.63) is 26.8 Å². The Kier molecular flexibility index (Phi) is 4.42. The van der Waals surface area contributed by atoms with Gasteiger partial charge >= 0.3 is 11.9 Å². The van der Waals surface area contributed by atoms with Gasteiger partial charge in [0.2, 0.25) is 0 Å². The van der Waals surface area contributed by atoms with Crippen molar-refractivity contribution in [2.75, 3.05) is 0 Å². The van der Waals surface area contributed by atoms with Gasteiger partial charge in [0.25, 0.3) is 0 Å². The van der Waals surface area contributed by atoms with Crippen molar-refractivity contribution < 1.29 is 19.4 Å². The van der Waals surface area contributed by atoms with Crippen molar-refractivity contribution in [2.24, 2.45) is 0 Å². The first-order chi connectivity index (χ1) is 8.11. The number of hydrogen-bond donors (Lipinski definition) is 1. The van der Waals surface area contributed by atoms with Gasteiger partial charge in [0.1, 0.15) is 13.4 Å². The maximum Gasteiger partial charge on any atom is 0.339 e. The highest BCUT2D eigenvalue weighted by Gasteiger charge is 2.23. The number of aromatic carboxylic acids is 1. The molecular weight excluding hydrogens is 346 g/mol. The third kappa shape index (κ3) is 3.73. The minimum absolute atomic E-state index is 0.0102. The summed E-state index contributed by atoms with van der Waals surface area (Å²) in [6.45, 7) is 5.15. The number of carboxylic acids is 1. The number of carbonyl (C=O) groups excluding carboxylic acids is 1. The van der Waals surface area contributed by atoms with Crippen LogP contribution in [0, 0.1) is 3.57 Å². The molecular formula is C12H12BIO4. The molecule has 0 aliphatic rings. The van der Waals surface area contributed by atoms with Crippen LogP contribution < -0.4 is 5.46 Å². The van der Waals surface area contributed by atoms with Gasteiger partial charge < -0.3 is 9.84 Å². The third-order valence-electron chi connectivity index (χ3n) is 1.99. The molecule has 0 aliphatic heterocycles. The first kappa shape index (κ1) is 15.0. The Morgan fingerprint density at radius 1 is 1.28 bits per heavy atom. The van der Waals surface area contributed by atoms with E-state index in [2.05, 4.69) is 0 Å². The predicted octanol–water partition coefficient (Wildman–Crippen LogP) is 1.74. The first-order valence-electron chi connectivity index (χ1n) is 5.17. The Balaban J connectivity index is 3.26. The summed E-state index contributed by atoms with van der Waals surface area (Å²) < 4.78 is 5.77. The molecule has 0 fully saturated rings. The van der Waals surface area contributed by atoms with Crippen molar-refractivity contribution in [3.63, 3.8) is 0 Å². The van der Waals surface area contributed by atoms with Crippen LogP contribution in [-0.4, -0.2) is 30.5 Å². The van der Waals surface area contributed by atoms with Crippen LogP contribution >= 0.6 is 22.6 Å². The first-order valence-corrected chi connectivity index (χ1v) is 6.25. The van der Waals surface area contributed by atoms with Crippen molar-refractivity contribution >= 4 is 47.8 Å². The largest absolute Gasteiger partial charge is 0.478 e. The molecule has 0 aromatic heterocycles. The molecule has 1 aromatic rings. The number of ether oxygens (including phenoxy) is 1. The predicted molar refractivity (Wildman–Crippen MR) is 76.7 cm³/mol. The Hall–Kier alpha value is -1.05. The number of carbonyl (C=O) groups is 2. The Morgan fingerprint density at radius 2 is 1.83 bits per heavy atom. The van der Waals surface area contributed by atoms with E-state index in [0.29, 0.717) is 9.03 Å². The van der Waals surface area contributed by atoms with Crippen LogP contribution in [0.4, 0.5) is 0 Å². The van der Waals surface area contributed by atoms with E-state index in [1.165, 1.54) is 12.1 Å². The maximum atomic E-state index is 11.9. The van der Waals surface area contributed by atoms with E-state index >= 15 is 0 Å². The second kappa shape index (κ2) is 5.30. The van der Waals surface area contributed by atoms with E-state index in [1.54, 1.807) is 20.8 Å². The van der Waals surface area contributed by atoms with Crippen LogP contribution in [0.3, 0.4) is 0 Å². The highest BCUT2D eigenvalue weighted by Crippen LogP contribution is 2.17. The summed E-state index contributed by atoms with van der Waals surface area (Å²) in [7, 11) is 5.63. The van der Waals surface area contributed by atoms with Gasteiger partial charge in [-0.05, 0) is 49.4 Å². The van der Waals surface area contributed by atoms with Gasteiger partial charge in [0.15, 0.2) is 0 Å². The molecule has 0 atom stereocenters. The normalized spacial score (nSPS) is 11.1. The zero-order valence-electron chi connectivity index (χ0n) is 10.3. The molecule has 2 radical (unpaired) electrons. The summed E-state index contributed by atoms with van der Waals surface area (Å²) in [4.78, 5) is 23.0. The second-order valence-electron chi connectivity index (χ2n) is 4.73. The molecule has 1 rings (SSSR count). The lowest BCUT2D eigenvalue weighted by molar-refractivity contribution is 0.00658. The molecule has 0 saturated carbocycles. The average Bonchev–Trinajstić information content (AvgIpc) is 2.18. The smallest absolute Gasteiger partial charge is 0.339 e. The van der Waals surface area contributed by atoms with Crippen molar-refractivity contribution in [1.29, 1.82) is 0 Å². The van der Waals surface area contributed by atoms with Gasteiger partial charge in [0.05, 0.1) is 11.1 Å². The third-order valence-corrected chi connectivity index (χ3v) is 2.92. The maximum absolute atomic E-state index is 11.9. The topological polar surface area (TPSA) is 63.6 Å². The molecule has 0 aliphatic carbocycles. The van der Waals surface area contributed by atoms with Crippen LogP contribution in [0.5, 0.6) is 0 Å². The van der Waals surface area contributed by atoms with E-state index in [9.17, 15) is 9.59 Å². The fourth-order valence-electron chi connectivity index (χ4n) is 1.27. The van der Waals surface area contributed by atoms with E-state index in [4.69, 9.17) is 17.7 Å². The monoisotopic (exact) mass is 358 g/mol. The molecule has 1 N–H and O–H groups in total. The van der Waals surface area contributed by atoms with E-state index in [0.717, 1.165) is 0 Å². The second-order valence-corrected chi connectivity index (χ2v) is 5.89. The summed E-state index contributed by atoms with van der Waals surface area (Å²) in [5.41, 5.74) is -0.502. The fraction of sp³-hybridized carbons (Fsp3) is 0.333. The molecule has 18 heavy (non-hydrogen) atoms. The molecule has 94 valence electrons. The summed E-state index contributed by atoms with van der Waals surface area (Å²) in [5, 5.41) is 9.06. The van der Waals surface area contributed by atoms with Gasteiger partial charge in [-0.2, -0.15) is 0 Å². The van der Waals surface area contributed by atoms with Crippen LogP contribution in [0.15, 0.2) is 12.1 Å². The highest BCUT2D eigenvalue weighted by molar-refractivity contribution is 14.1.